The summed E-state index contributed by atoms with van der Waals surface area (Å²) in [5, 5.41) is 14.7. The van der Waals surface area contributed by atoms with Gasteiger partial charge in [-0.15, -0.1) is 0 Å². The van der Waals surface area contributed by atoms with Gasteiger partial charge < -0.3 is 4.74 Å². The Morgan fingerprint density at radius 3 is 2.38 bits per heavy atom. The number of amides is 1. The summed E-state index contributed by atoms with van der Waals surface area (Å²) in [6.45, 7) is 0. The number of nitrogens with zero attached hydrogens (tertiary/aromatic N) is 2. The van der Waals surface area contributed by atoms with E-state index in [1.165, 1.54) is 23.5 Å². The molecule has 0 spiro atoms. The molecule has 32 heavy (non-hydrogen) atoms. The number of non-ortho nitro benzene ring substituents is 1. The van der Waals surface area contributed by atoms with Crippen LogP contribution in [0.5, 0.6) is 5.75 Å². The number of carbonyl (C=O) groups excluding carboxylic acids is 1. The van der Waals surface area contributed by atoms with E-state index in [0.717, 1.165) is 10.4 Å². The van der Waals surface area contributed by atoms with Crippen LogP contribution in [-0.4, -0.2) is 22.9 Å². The lowest BCUT2D eigenvalue weighted by Crippen LogP contribution is -2.11. The van der Waals surface area contributed by atoms with E-state index in [2.05, 4.69) is 10.3 Å². The number of nitro groups is 1. The van der Waals surface area contributed by atoms with Crippen LogP contribution in [0.4, 0.5) is 10.8 Å². The molecule has 0 aliphatic carbocycles. The van der Waals surface area contributed by atoms with Crippen molar-refractivity contribution in [3.63, 3.8) is 0 Å². The second-order valence-electron chi connectivity index (χ2n) is 6.69. The van der Waals surface area contributed by atoms with Crippen molar-refractivity contribution in [3.8, 4) is 27.4 Å². The van der Waals surface area contributed by atoms with Gasteiger partial charge in [0, 0.05) is 28.3 Å². The van der Waals surface area contributed by atoms with Crippen LogP contribution in [0.25, 0.3) is 21.7 Å². The van der Waals surface area contributed by atoms with Crippen LogP contribution in [0.3, 0.4) is 0 Å². The number of hydrogen-bond donors (Lipinski definition) is 1. The fraction of sp³-hybridized carbons (Fsp3) is 0.0435. The predicted molar refractivity (Wildman–Crippen MR) is 126 cm³/mol. The predicted octanol–water partition coefficient (Wildman–Crippen LogP) is 6.30. The van der Waals surface area contributed by atoms with E-state index >= 15 is 0 Å². The van der Waals surface area contributed by atoms with Crippen molar-refractivity contribution in [2.45, 2.75) is 0 Å². The Hall–Kier alpha value is -3.75. The molecule has 1 heterocycles. The monoisotopic (exact) mass is 465 g/mol. The van der Waals surface area contributed by atoms with E-state index in [0.29, 0.717) is 32.7 Å². The summed E-state index contributed by atoms with van der Waals surface area (Å²) >= 11 is 7.30. The highest BCUT2D eigenvalue weighted by atomic mass is 35.5. The highest BCUT2D eigenvalue weighted by Gasteiger charge is 2.18. The highest BCUT2D eigenvalue weighted by molar-refractivity contribution is 7.19. The van der Waals surface area contributed by atoms with Crippen LogP contribution in [0, 0.1) is 10.1 Å². The molecule has 3 aromatic carbocycles. The van der Waals surface area contributed by atoms with Gasteiger partial charge in [-0.3, -0.25) is 20.2 Å². The summed E-state index contributed by atoms with van der Waals surface area (Å²) in [5.41, 5.74) is 2.58. The van der Waals surface area contributed by atoms with Gasteiger partial charge in [0.05, 0.1) is 22.6 Å². The molecule has 1 N–H and O–H groups in total. The normalized spacial score (nSPS) is 10.6. The van der Waals surface area contributed by atoms with E-state index in [4.69, 9.17) is 16.3 Å². The summed E-state index contributed by atoms with van der Waals surface area (Å²) in [5.74, 6) is 0.377. The van der Waals surface area contributed by atoms with E-state index in [9.17, 15) is 14.9 Å². The number of ether oxygens (including phenoxy) is 1. The van der Waals surface area contributed by atoms with Crippen molar-refractivity contribution in [1.82, 2.24) is 4.98 Å². The third kappa shape index (κ3) is 4.61. The van der Waals surface area contributed by atoms with Crippen LogP contribution in [0.1, 0.15) is 10.4 Å². The quantitative estimate of drug-likeness (QED) is 0.266. The summed E-state index contributed by atoms with van der Waals surface area (Å²) in [4.78, 5) is 28.6. The zero-order valence-corrected chi connectivity index (χ0v) is 18.3. The fourth-order valence-corrected chi connectivity index (χ4v) is 4.23. The van der Waals surface area contributed by atoms with Crippen LogP contribution >= 0.6 is 22.9 Å². The standard InChI is InChI=1S/C23H16ClN3O4S/c1-31-19-11-7-15(8-12-19)21-20(14-5-9-18(10-6-14)27(29)30)25-23(32-21)26-22(28)16-3-2-4-17(24)13-16/h2-13H,1H3,(H,25,26,28). The maximum Gasteiger partial charge on any atom is 0.269 e. The van der Waals surface area contributed by atoms with Gasteiger partial charge in [0.2, 0.25) is 0 Å². The molecule has 0 radical (unpaired) electrons. The highest BCUT2D eigenvalue weighted by Crippen LogP contribution is 2.40. The Kier molecular flexibility index (Phi) is 6.16. The number of nitrogens with one attached hydrogen (secondary N) is 1. The van der Waals surface area contributed by atoms with Gasteiger partial charge in [-0.25, -0.2) is 4.98 Å². The Balaban J connectivity index is 1.73. The minimum atomic E-state index is -0.453. The lowest BCUT2D eigenvalue weighted by Gasteiger charge is -2.04. The molecule has 0 saturated heterocycles. The molecule has 1 amide bonds. The van der Waals surface area contributed by atoms with Gasteiger partial charge in [0.25, 0.3) is 11.6 Å². The fourth-order valence-electron chi connectivity index (χ4n) is 3.05. The van der Waals surface area contributed by atoms with Crippen molar-refractivity contribution >= 4 is 39.7 Å². The average Bonchev–Trinajstić information content (AvgIpc) is 3.23. The number of anilines is 1. The SMILES string of the molecule is COc1ccc(-c2sc(NC(=O)c3cccc(Cl)c3)nc2-c2ccc([N+](=O)[O-])cc2)cc1. The van der Waals surface area contributed by atoms with E-state index in [1.54, 1.807) is 43.5 Å². The zero-order valence-electron chi connectivity index (χ0n) is 16.7. The topological polar surface area (TPSA) is 94.4 Å². The molecule has 1 aromatic heterocycles. The van der Waals surface area contributed by atoms with Crippen LogP contribution in [-0.2, 0) is 0 Å². The number of methoxy groups -OCH3 is 1. The first-order chi connectivity index (χ1) is 15.4. The van der Waals surface area contributed by atoms with Gasteiger partial charge in [-0.1, -0.05) is 29.0 Å². The largest absolute Gasteiger partial charge is 0.497 e. The molecule has 0 saturated carbocycles. The zero-order chi connectivity index (χ0) is 22.7. The van der Waals surface area contributed by atoms with E-state index < -0.39 is 4.92 Å². The lowest BCUT2D eigenvalue weighted by molar-refractivity contribution is -0.384. The molecule has 0 aliphatic rings. The molecule has 0 fully saturated rings. The van der Waals surface area contributed by atoms with Crippen molar-refractivity contribution in [3.05, 3.63) is 93.5 Å². The second-order valence-corrected chi connectivity index (χ2v) is 8.13. The summed E-state index contributed by atoms with van der Waals surface area (Å²) < 4.78 is 5.23. The Morgan fingerprint density at radius 2 is 1.75 bits per heavy atom. The smallest absolute Gasteiger partial charge is 0.269 e. The number of hydrogen-bond acceptors (Lipinski definition) is 6. The third-order valence-electron chi connectivity index (χ3n) is 4.64. The van der Waals surface area contributed by atoms with Crippen molar-refractivity contribution < 1.29 is 14.5 Å². The molecule has 4 aromatic rings. The van der Waals surface area contributed by atoms with Crippen molar-refractivity contribution in [1.29, 1.82) is 0 Å². The molecular formula is C23H16ClN3O4S. The summed E-state index contributed by atoms with van der Waals surface area (Å²) in [6.07, 6.45) is 0. The molecule has 160 valence electrons. The second kappa shape index (κ2) is 9.17. The molecule has 4 rings (SSSR count). The van der Waals surface area contributed by atoms with E-state index in [1.807, 2.05) is 24.3 Å². The van der Waals surface area contributed by atoms with Gasteiger partial charge >= 0.3 is 0 Å². The average molecular weight is 466 g/mol. The summed E-state index contributed by atoms with van der Waals surface area (Å²) in [7, 11) is 1.59. The Labute approximate surface area is 192 Å². The van der Waals surface area contributed by atoms with Crippen LogP contribution in [0.15, 0.2) is 72.8 Å². The third-order valence-corrected chi connectivity index (χ3v) is 5.89. The van der Waals surface area contributed by atoms with Gasteiger partial charge in [-0.2, -0.15) is 0 Å². The number of carbonyl (C=O) groups is 1. The van der Waals surface area contributed by atoms with Crippen molar-refractivity contribution in [2.75, 3.05) is 12.4 Å². The Bertz CT molecular complexity index is 1290. The van der Waals surface area contributed by atoms with E-state index in [-0.39, 0.29) is 11.6 Å². The molecule has 7 nitrogen and oxygen atoms in total. The van der Waals surface area contributed by atoms with Crippen LogP contribution < -0.4 is 10.1 Å². The molecule has 0 bridgehead atoms. The molecule has 0 unspecified atom stereocenters. The number of thiazole rings is 1. The first-order valence-electron chi connectivity index (χ1n) is 9.41. The maximum absolute atomic E-state index is 12.7. The Morgan fingerprint density at radius 1 is 1.06 bits per heavy atom. The molecule has 0 aliphatic heterocycles. The van der Waals surface area contributed by atoms with Gasteiger partial charge in [-0.05, 0) is 60.2 Å². The maximum atomic E-state index is 12.7. The van der Waals surface area contributed by atoms with Crippen molar-refractivity contribution in [2.24, 2.45) is 0 Å². The first kappa shape index (κ1) is 21.5. The minimum absolute atomic E-state index is 0.00976. The number of rotatable bonds is 6. The lowest BCUT2D eigenvalue weighted by atomic mass is 10.1. The summed E-state index contributed by atoms with van der Waals surface area (Å²) in [6, 6.07) is 20.2. The number of aromatic nitrogens is 1. The number of halogens is 1. The first-order valence-corrected chi connectivity index (χ1v) is 10.6. The molecular weight excluding hydrogens is 450 g/mol. The van der Waals surface area contributed by atoms with Gasteiger partial charge in [0.15, 0.2) is 5.13 Å². The minimum Gasteiger partial charge on any atom is -0.497 e. The number of benzene rings is 3. The molecule has 0 atom stereocenters. The van der Waals surface area contributed by atoms with Crippen LogP contribution in [0.2, 0.25) is 5.02 Å². The van der Waals surface area contributed by atoms with Gasteiger partial charge in [0.1, 0.15) is 5.75 Å². The number of nitro benzene ring substituents is 1. The molecule has 9 heteroatoms.